The van der Waals surface area contributed by atoms with Gasteiger partial charge in [-0.15, -0.1) is 11.3 Å². The van der Waals surface area contributed by atoms with E-state index in [0.29, 0.717) is 32.6 Å². The molecule has 9 heteroatoms. The first-order chi connectivity index (χ1) is 14.1. The summed E-state index contributed by atoms with van der Waals surface area (Å²) < 4.78 is 17.2. The summed E-state index contributed by atoms with van der Waals surface area (Å²) >= 11 is 2.39. The summed E-state index contributed by atoms with van der Waals surface area (Å²) in [6, 6.07) is 15.9. The van der Waals surface area contributed by atoms with E-state index in [2.05, 4.69) is 20.0 Å². The van der Waals surface area contributed by atoms with Crippen molar-refractivity contribution in [1.29, 1.82) is 0 Å². The molecule has 0 unspecified atom stereocenters. The van der Waals surface area contributed by atoms with E-state index in [1.54, 1.807) is 42.5 Å². The zero-order chi connectivity index (χ0) is 20.2. The molecular formula is C20H13FN4O2S2. The van der Waals surface area contributed by atoms with Crippen LogP contribution in [0.3, 0.4) is 0 Å². The molecule has 0 aliphatic rings. The standard InChI is InChI=1S/C20H13FN4O2S2/c21-14-7-3-12(4-8-14)17-23-20(29-25-17)24-18(26)13-5-9-15(10-6-13)22-19(27)16-2-1-11-28-16/h1-11H,(H,22,27)(H,23,24,25,26). The van der Waals surface area contributed by atoms with Crippen LogP contribution in [0.15, 0.2) is 66.0 Å². The highest BCUT2D eigenvalue weighted by Gasteiger charge is 2.12. The summed E-state index contributed by atoms with van der Waals surface area (Å²) in [7, 11) is 0. The average Bonchev–Trinajstić information content (AvgIpc) is 3.41. The third-order valence-electron chi connectivity index (χ3n) is 3.90. The number of carbonyl (C=O) groups is 2. The predicted octanol–water partition coefficient (Wildman–Crippen LogP) is 4.91. The number of benzene rings is 2. The highest BCUT2D eigenvalue weighted by molar-refractivity contribution is 7.12. The van der Waals surface area contributed by atoms with E-state index < -0.39 is 0 Å². The number of hydrogen-bond acceptors (Lipinski definition) is 6. The van der Waals surface area contributed by atoms with Crippen molar-refractivity contribution in [3.63, 3.8) is 0 Å². The molecule has 0 saturated carbocycles. The van der Waals surface area contributed by atoms with Crippen molar-refractivity contribution >= 4 is 45.5 Å². The van der Waals surface area contributed by atoms with Crippen LogP contribution < -0.4 is 10.6 Å². The summed E-state index contributed by atoms with van der Waals surface area (Å²) in [5, 5.41) is 7.64. The molecule has 2 amide bonds. The molecule has 0 atom stereocenters. The number of carbonyl (C=O) groups excluding carboxylic acids is 2. The molecule has 0 radical (unpaired) electrons. The summed E-state index contributed by atoms with van der Waals surface area (Å²) in [6.45, 7) is 0. The molecule has 6 nitrogen and oxygen atoms in total. The quantitative estimate of drug-likeness (QED) is 0.477. The maximum absolute atomic E-state index is 13.0. The second kappa shape index (κ2) is 8.29. The van der Waals surface area contributed by atoms with Gasteiger partial charge in [0, 0.05) is 28.3 Å². The van der Waals surface area contributed by atoms with Crippen LogP contribution in [-0.4, -0.2) is 21.2 Å². The van der Waals surface area contributed by atoms with Crippen LogP contribution in [-0.2, 0) is 0 Å². The normalized spacial score (nSPS) is 10.5. The molecule has 29 heavy (non-hydrogen) atoms. The number of nitrogens with one attached hydrogen (secondary N) is 2. The largest absolute Gasteiger partial charge is 0.321 e. The number of amides is 2. The van der Waals surface area contributed by atoms with Gasteiger partial charge in [-0.2, -0.15) is 9.36 Å². The van der Waals surface area contributed by atoms with Gasteiger partial charge >= 0.3 is 0 Å². The highest BCUT2D eigenvalue weighted by atomic mass is 32.1. The van der Waals surface area contributed by atoms with Gasteiger partial charge in [0.25, 0.3) is 11.8 Å². The Morgan fingerprint density at radius 1 is 0.897 bits per heavy atom. The Labute approximate surface area is 173 Å². The van der Waals surface area contributed by atoms with Crippen molar-refractivity contribution in [2.24, 2.45) is 0 Å². The van der Waals surface area contributed by atoms with Crippen molar-refractivity contribution in [3.8, 4) is 11.4 Å². The number of aromatic nitrogens is 2. The number of anilines is 2. The fourth-order valence-electron chi connectivity index (χ4n) is 2.47. The van der Waals surface area contributed by atoms with Gasteiger partial charge in [0.2, 0.25) is 5.13 Å². The number of rotatable bonds is 5. The fraction of sp³-hybridized carbons (Fsp3) is 0. The van der Waals surface area contributed by atoms with E-state index >= 15 is 0 Å². The van der Waals surface area contributed by atoms with Gasteiger partial charge in [-0.3, -0.25) is 14.9 Å². The van der Waals surface area contributed by atoms with Crippen molar-refractivity contribution in [2.45, 2.75) is 0 Å². The topological polar surface area (TPSA) is 84.0 Å². The zero-order valence-electron chi connectivity index (χ0n) is 14.8. The van der Waals surface area contributed by atoms with Crippen LogP contribution in [0, 0.1) is 5.82 Å². The summed E-state index contributed by atoms with van der Waals surface area (Å²) in [6.07, 6.45) is 0. The molecule has 4 rings (SSSR count). The van der Waals surface area contributed by atoms with Gasteiger partial charge in [-0.1, -0.05) is 6.07 Å². The van der Waals surface area contributed by atoms with Crippen molar-refractivity contribution < 1.29 is 14.0 Å². The molecule has 0 fully saturated rings. The van der Waals surface area contributed by atoms with Crippen molar-refractivity contribution in [2.75, 3.05) is 10.6 Å². The Hall–Kier alpha value is -3.43. The molecule has 0 aliphatic carbocycles. The van der Waals surface area contributed by atoms with Gasteiger partial charge in [0.15, 0.2) is 5.82 Å². The minimum Gasteiger partial charge on any atom is -0.321 e. The van der Waals surface area contributed by atoms with Gasteiger partial charge in [-0.05, 0) is 60.0 Å². The first kappa shape index (κ1) is 18.9. The summed E-state index contributed by atoms with van der Waals surface area (Å²) in [4.78, 5) is 29.3. The molecule has 0 aliphatic heterocycles. The lowest BCUT2D eigenvalue weighted by Crippen LogP contribution is -2.13. The van der Waals surface area contributed by atoms with Crippen LogP contribution in [0.5, 0.6) is 0 Å². The van der Waals surface area contributed by atoms with Gasteiger partial charge < -0.3 is 5.32 Å². The van der Waals surface area contributed by atoms with E-state index in [1.165, 1.54) is 23.5 Å². The molecule has 2 aromatic carbocycles. The first-order valence-electron chi connectivity index (χ1n) is 8.44. The van der Waals surface area contributed by atoms with Crippen molar-refractivity contribution in [1.82, 2.24) is 9.36 Å². The molecule has 0 saturated heterocycles. The second-order valence-electron chi connectivity index (χ2n) is 5.89. The number of thiophene rings is 1. The van der Waals surface area contributed by atoms with Gasteiger partial charge in [0.05, 0.1) is 4.88 Å². The average molecular weight is 424 g/mol. The number of halogens is 1. The molecule has 2 N–H and O–H groups in total. The predicted molar refractivity (Wildman–Crippen MR) is 112 cm³/mol. The van der Waals surface area contributed by atoms with E-state index in [-0.39, 0.29) is 17.6 Å². The SMILES string of the molecule is O=C(Nc1nc(-c2ccc(F)cc2)ns1)c1ccc(NC(=O)c2cccs2)cc1. The lowest BCUT2D eigenvalue weighted by atomic mass is 10.2. The molecule has 0 bridgehead atoms. The summed E-state index contributed by atoms with van der Waals surface area (Å²) in [5.41, 5.74) is 1.67. The minimum absolute atomic E-state index is 0.195. The number of nitrogens with zero attached hydrogens (tertiary/aromatic N) is 2. The zero-order valence-corrected chi connectivity index (χ0v) is 16.4. The Balaban J connectivity index is 1.40. The van der Waals surface area contributed by atoms with E-state index in [9.17, 15) is 14.0 Å². The van der Waals surface area contributed by atoms with Gasteiger partial charge in [0.1, 0.15) is 5.82 Å². The number of hydrogen-bond donors (Lipinski definition) is 2. The molecule has 2 aromatic heterocycles. The highest BCUT2D eigenvalue weighted by Crippen LogP contribution is 2.22. The van der Waals surface area contributed by atoms with E-state index in [1.807, 2.05) is 11.4 Å². The van der Waals surface area contributed by atoms with E-state index in [0.717, 1.165) is 11.5 Å². The van der Waals surface area contributed by atoms with Crippen molar-refractivity contribution in [3.05, 3.63) is 82.3 Å². The molecular weight excluding hydrogens is 411 g/mol. The summed E-state index contributed by atoms with van der Waals surface area (Å²) in [5.74, 6) is -0.466. The van der Waals surface area contributed by atoms with Crippen LogP contribution in [0.2, 0.25) is 0 Å². The van der Waals surface area contributed by atoms with Crippen LogP contribution >= 0.6 is 22.9 Å². The Bertz CT molecular complexity index is 1140. The smallest absolute Gasteiger partial charge is 0.265 e. The third kappa shape index (κ3) is 4.53. The minimum atomic E-state index is -0.345. The lowest BCUT2D eigenvalue weighted by molar-refractivity contribution is 0.102. The molecule has 0 spiro atoms. The Kier molecular flexibility index (Phi) is 5.41. The lowest BCUT2D eigenvalue weighted by Gasteiger charge is -2.05. The maximum atomic E-state index is 13.0. The molecule has 144 valence electrons. The molecule has 2 heterocycles. The third-order valence-corrected chi connectivity index (χ3v) is 5.40. The maximum Gasteiger partial charge on any atom is 0.265 e. The monoisotopic (exact) mass is 424 g/mol. The van der Waals surface area contributed by atoms with Gasteiger partial charge in [-0.25, -0.2) is 4.39 Å². The van der Waals surface area contributed by atoms with Crippen LogP contribution in [0.25, 0.3) is 11.4 Å². The second-order valence-corrected chi connectivity index (χ2v) is 7.59. The Morgan fingerprint density at radius 2 is 1.66 bits per heavy atom. The van der Waals surface area contributed by atoms with Crippen LogP contribution in [0.1, 0.15) is 20.0 Å². The fourth-order valence-corrected chi connectivity index (χ4v) is 3.67. The first-order valence-corrected chi connectivity index (χ1v) is 10.1. The van der Waals surface area contributed by atoms with Crippen LogP contribution in [0.4, 0.5) is 15.2 Å². The van der Waals surface area contributed by atoms with E-state index in [4.69, 9.17) is 0 Å². The Morgan fingerprint density at radius 3 is 2.34 bits per heavy atom. The molecule has 4 aromatic rings.